The molecule has 1 aromatic rings. The number of carbonyl (C=O) groups excluding carboxylic acids is 2. The van der Waals surface area contributed by atoms with Gasteiger partial charge in [-0.25, -0.2) is 4.79 Å². The lowest BCUT2D eigenvalue weighted by Crippen LogP contribution is -2.42. The van der Waals surface area contributed by atoms with E-state index in [4.69, 9.17) is 5.73 Å². The van der Waals surface area contributed by atoms with Gasteiger partial charge in [-0.1, -0.05) is 0 Å². The van der Waals surface area contributed by atoms with Crippen molar-refractivity contribution < 1.29 is 9.59 Å². The molecular weight excluding hydrogens is 246 g/mol. The Bertz CT molecular complexity index is 469. The van der Waals surface area contributed by atoms with Gasteiger partial charge in [-0.15, -0.1) is 0 Å². The number of aromatic nitrogens is 2. The molecule has 3 N–H and O–H groups in total. The fourth-order valence-corrected chi connectivity index (χ4v) is 1.79. The van der Waals surface area contributed by atoms with Gasteiger partial charge >= 0.3 is 6.03 Å². The van der Waals surface area contributed by atoms with E-state index >= 15 is 0 Å². The largest absolute Gasteiger partial charge is 0.352 e. The predicted octanol–water partition coefficient (Wildman–Crippen LogP) is 0.188. The van der Waals surface area contributed by atoms with Crippen molar-refractivity contribution in [1.29, 1.82) is 0 Å². The molecule has 0 aliphatic carbocycles. The topological polar surface area (TPSA) is 93.3 Å². The van der Waals surface area contributed by atoms with Gasteiger partial charge in [-0.2, -0.15) is 5.10 Å². The van der Waals surface area contributed by atoms with Crippen molar-refractivity contribution in [2.45, 2.75) is 26.8 Å². The fourth-order valence-electron chi connectivity index (χ4n) is 1.79. The molecule has 7 heteroatoms. The summed E-state index contributed by atoms with van der Waals surface area (Å²) in [4.78, 5) is 23.5. The Morgan fingerprint density at radius 3 is 2.63 bits per heavy atom. The average Bonchev–Trinajstić information content (AvgIpc) is 2.65. The van der Waals surface area contributed by atoms with Crippen LogP contribution in [0.4, 0.5) is 4.79 Å². The first kappa shape index (κ1) is 15.0. The average molecular weight is 267 g/mol. The van der Waals surface area contributed by atoms with Gasteiger partial charge < -0.3 is 16.0 Å². The standard InChI is InChI=1S/C12H21N5O2/c1-8-5-9(2)17(15-8)10(3)6-14-11(18)7-16(4)12(13)19/h5,10H,6-7H2,1-4H3,(H2,13,19)(H,14,18). The minimum atomic E-state index is -0.623. The van der Waals surface area contributed by atoms with Crippen LogP contribution in [0.2, 0.25) is 0 Å². The van der Waals surface area contributed by atoms with Gasteiger partial charge in [0.2, 0.25) is 5.91 Å². The van der Waals surface area contributed by atoms with Gasteiger partial charge in [-0.05, 0) is 26.8 Å². The first-order chi connectivity index (χ1) is 8.81. The van der Waals surface area contributed by atoms with Gasteiger partial charge in [0.15, 0.2) is 0 Å². The fraction of sp³-hybridized carbons (Fsp3) is 0.583. The molecule has 106 valence electrons. The van der Waals surface area contributed by atoms with Gasteiger partial charge in [-0.3, -0.25) is 9.48 Å². The van der Waals surface area contributed by atoms with Crippen LogP contribution >= 0.6 is 0 Å². The Hall–Kier alpha value is -2.05. The molecule has 0 saturated carbocycles. The maximum Gasteiger partial charge on any atom is 0.314 e. The summed E-state index contributed by atoms with van der Waals surface area (Å²) in [5.41, 5.74) is 7.04. The summed E-state index contributed by atoms with van der Waals surface area (Å²) >= 11 is 0. The molecule has 0 fully saturated rings. The summed E-state index contributed by atoms with van der Waals surface area (Å²) in [6.07, 6.45) is 0. The van der Waals surface area contributed by atoms with Crippen molar-refractivity contribution in [3.8, 4) is 0 Å². The van der Waals surface area contributed by atoms with Gasteiger partial charge in [0.05, 0.1) is 11.7 Å². The highest BCUT2D eigenvalue weighted by Gasteiger charge is 2.13. The molecule has 0 aromatic carbocycles. The molecule has 0 radical (unpaired) electrons. The minimum absolute atomic E-state index is 0.0425. The number of carbonyl (C=O) groups is 2. The van der Waals surface area contributed by atoms with Crippen molar-refractivity contribution in [1.82, 2.24) is 20.0 Å². The second kappa shape index (κ2) is 6.21. The monoisotopic (exact) mass is 267 g/mol. The summed E-state index contributed by atoms with van der Waals surface area (Å²) in [5.74, 6) is -0.241. The van der Waals surface area contributed by atoms with Crippen LogP contribution in [0.15, 0.2) is 6.07 Å². The quantitative estimate of drug-likeness (QED) is 0.797. The smallest absolute Gasteiger partial charge is 0.314 e. The lowest BCUT2D eigenvalue weighted by Gasteiger charge is -2.17. The van der Waals surface area contributed by atoms with E-state index in [-0.39, 0.29) is 18.5 Å². The van der Waals surface area contributed by atoms with E-state index in [9.17, 15) is 9.59 Å². The maximum absolute atomic E-state index is 11.6. The molecule has 3 amide bonds. The van der Waals surface area contributed by atoms with Crippen LogP contribution in [0, 0.1) is 13.8 Å². The molecule has 0 spiro atoms. The summed E-state index contributed by atoms with van der Waals surface area (Å²) in [6.45, 7) is 6.28. The van der Waals surface area contributed by atoms with Crippen LogP contribution in [0.5, 0.6) is 0 Å². The maximum atomic E-state index is 11.6. The number of rotatable bonds is 5. The number of nitrogens with one attached hydrogen (secondary N) is 1. The molecule has 0 bridgehead atoms. The highest BCUT2D eigenvalue weighted by Crippen LogP contribution is 2.09. The van der Waals surface area contributed by atoms with Crippen LogP contribution in [-0.2, 0) is 4.79 Å². The Kier molecular flexibility index (Phi) is 4.91. The van der Waals surface area contributed by atoms with Gasteiger partial charge in [0, 0.05) is 19.3 Å². The zero-order valence-electron chi connectivity index (χ0n) is 11.8. The summed E-state index contributed by atoms with van der Waals surface area (Å²) in [7, 11) is 1.48. The molecule has 0 aliphatic rings. The van der Waals surface area contributed by atoms with Crippen molar-refractivity contribution in [2.24, 2.45) is 5.73 Å². The molecule has 0 saturated heterocycles. The minimum Gasteiger partial charge on any atom is -0.352 e. The lowest BCUT2D eigenvalue weighted by atomic mass is 10.3. The zero-order valence-corrected chi connectivity index (χ0v) is 11.8. The molecule has 1 atom stereocenters. The molecule has 0 aliphatic heterocycles. The molecule has 1 rings (SSSR count). The van der Waals surface area contributed by atoms with Crippen molar-refractivity contribution in [3.63, 3.8) is 0 Å². The lowest BCUT2D eigenvalue weighted by molar-refractivity contribution is -0.121. The SMILES string of the molecule is Cc1cc(C)n(C(C)CNC(=O)CN(C)C(N)=O)n1. The van der Waals surface area contributed by atoms with E-state index in [1.807, 2.05) is 31.5 Å². The van der Waals surface area contributed by atoms with E-state index in [0.29, 0.717) is 6.54 Å². The van der Waals surface area contributed by atoms with E-state index in [1.165, 1.54) is 7.05 Å². The number of nitrogens with zero attached hydrogens (tertiary/aromatic N) is 3. The Labute approximate surface area is 112 Å². The number of nitrogens with two attached hydrogens (primary N) is 1. The Morgan fingerprint density at radius 1 is 1.53 bits per heavy atom. The van der Waals surface area contributed by atoms with Crippen LogP contribution in [-0.4, -0.2) is 46.8 Å². The predicted molar refractivity (Wildman–Crippen MR) is 71.6 cm³/mol. The first-order valence-electron chi connectivity index (χ1n) is 6.11. The second-order valence-electron chi connectivity index (χ2n) is 4.72. The van der Waals surface area contributed by atoms with Crippen LogP contribution in [0.3, 0.4) is 0 Å². The number of primary amides is 1. The number of hydrogen-bond acceptors (Lipinski definition) is 3. The van der Waals surface area contributed by atoms with Crippen LogP contribution in [0.1, 0.15) is 24.4 Å². The molecule has 1 heterocycles. The third kappa shape index (κ3) is 4.27. The summed E-state index contributed by atoms with van der Waals surface area (Å²) in [6, 6.07) is 1.41. The molecule has 1 aromatic heterocycles. The molecular formula is C12H21N5O2. The van der Waals surface area contributed by atoms with E-state index in [2.05, 4.69) is 10.4 Å². The number of urea groups is 1. The number of hydrogen-bond donors (Lipinski definition) is 2. The van der Waals surface area contributed by atoms with Gasteiger partial charge in [0.25, 0.3) is 0 Å². The first-order valence-corrected chi connectivity index (χ1v) is 6.11. The summed E-state index contributed by atoms with van der Waals surface area (Å²) < 4.78 is 1.87. The molecule has 1 unspecified atom stereocenters. The number of aryl methyl sites for hydroxylation is 2. The Morgan fingerprint density at radius 2 is 2.16 bits per heavy atom. The van der Waals surface area contributed by atoms with Crippen LogP contribution in [0.25, 0.3) is 0 Å². The van der Waals surface area contributed by atoms with Crippen molar-refractivity contribution >= 4 is 11.9 Å². The third-order valence-corrected chi connectivity index (χ3v) is 2.81. The second-order valence-corrected chi connectivity index (χ2v) is 4.72. The van der Waals surface area contributed by atoms with Crippen molar-refractivity contribution in [2.75, 3.05) is 20.1 Å². The summed E-state index contributed by atoms with van der Waals surface area (Å²) in [5, 5.41) is 7.11. The zero-order chi connectivity index (χ0) is 14.6. The molecule has 19 heavy (non-hydrogen) atoms. The van der Waals surface area contributed by atoms with Gasteiger partial charge in [0.1, 0.15) is 6.54 Å². The van der Waals surface area contributed by atoms with E-state index in [0.717, 1.165) is 16.3 Å². The van der Waals surface area contributed by atoms with Crippen LogP contribution < -0.4 is 11.1 Å². The highest BCUT2D eigenvalue weighted by atomic mass is 16.2. The normalized spacial score (nSPS) is 12.0. The highest BCUT2D eigenvalue weighted by molar-refractivity contribution is 5.83. The number of amides is 3. The van der Waals surface area contributed by atoms with E-state index < -0.39 is 6.03 Å². The Balaban J connectivity index is 2.46. The molecule has 7 nitrogen and oxygen atoms in total. The van der Waals surface area contributed by atoms with E-state index in [1.54, 1.807) is 0 Å². The van der Waals surface area contributed by atoms with Crippen molar-refractivity contribution in [3.05, 3.63) is 17.5 Å². The number of likely N-dealkylation sites (N-methyl/N-ethyl adjacent to an activating group) is 1. The third-order valence-electron chi connectivity index (χ3n) is 2.81.